The van der Waals surface area contributed by atoms with Gasteiger partial charge in [0, 0.05) is 0 Å². The summed E-state index contributed by atoms with van der Waals surface area (Å²) in [5, 5.41) is 0. The van der Waals surface area contributed by atoms with E-state index in [1.807, 2.05) is 0 Å². The monoisotopic (exact) mass is 224 g/mol. The van der Waals surface area contributed by atoms with Crippen molar-refractivity contribution in [1.82, 2.24) is 0 Å². The summed E-state index contributed by atoms with van der Waals surface area (Å²) < 4.78 is 0. The Hall–Kier alpha value is 1.21. The van der Waals surface area contributed by atoms with Gasteiger partial charge in [-0.15, -0.1) is 0 Å². The summed E-state index contributed by atoms with van der Waals surface area (Å²) in [5.41, 5.74) is 0. The summed E-state index contributed by atoms with van der Waals surface area (Å²) in [6, 6.07) is 0. The third kappa shape index (κ3) is 189. The minimum absolute atomic E-state index is 0. The second kappa shape index (κ2) is 290. The van der Waals surface area contributed by atoms with Gasteiger partial charge in [-0.25, -0.2) is 0 Å². The molecule has 0 atom stereocenters. The standard InChI is InChI=1S/Mg.Mo.6H2O/h;;6*1H2/q+2;+4;;;;;;/p-6. The molecular weight excluding hydrogens is 216 g/mol. The second-order valence-electron chi connectivity index (χ2n) is 0. The minimum atomic E-state index is 0. The molecule has 0 amide bonds. The van der Waals surface area contributed by atoms with E-state index in [2.05, 4.69) is 0 Å². The quantitative estimate of drug-likeness (QED) is 0.452. The first-order valence-electron chi connectivity index (χ1n) is 0. The predicted octanol–water partition coefficient (Wildman–Crippen LogP) is -1.44. The van der Waals surface area contributed by atoms with Crippen molar-refractivity contribution in [2.75, 3.05) is 0 Å². The molecule has 8 heteroatoms. The Morgan fingerprint density at radius 1 is 0.375 bits per heavy atom. The molecule has 0 aliphatic rings. The first kappa shape index (κ1) is 422. The maximum Gasteiger partial charge on any atom is 4.00 e. The molecule has 8 heavy (non-hydrogen) atoms. The van der Waals surface area contributed by atoms with Crippen LogP contribution in [0.2, 0.25) is 0 Å². The van der Waals surface area contributed by atoms with Gasteiger partial charge in [0.1, 0.15) is 0 Å². The average molecular weight is 222 g/mol. The molecule has 0 saturated carbocycles. The molecule has 0 rings (SSSR count). The molecule has 0 aliphatic carbocycles. The van der Waals surface area contributed by atoms with Crippen LogP contribution in [0.4, 0.5) is 0 Å². The molecule has 6 N–H and O–H groups in total. The fourth-order valence-corrected chi connectivity index (χ4v) is 0. The third-order valence-corrected chi connectivity index (χ3v) is 0. The van der Waals surface area contributed by atoms with Gasteiger partial charge in [-0.1, -0.05) is 0 Å². The number of hydrogen-bond donors (Lipinski definition) is 0. The van der Waals surface area contributed by atoms with E-state index < -0.39 is 0 Å². The van der Waals surface area contributed by atoms with Gasteiger partial charge in [0.15, 0.2) is 0 Å². The maximum absolute atomic E-state index is 0. The molecule has 6 nitrogen and oxygen atoms in total. The van der Waals surface area contributed by atoms with Crippen LogP contribution in [0.25, 0.3) is 0 Å². The van der Waals surface area contributed by atoms with Crippen LogP contribution in [-0.4, -0.2) is 55.9 Å². The van der Waals surface area contributed by atoms with Crippen LogP contribution in [-0.2, 0) is 21.1 Å². The Kier molecular flexibility index (Phi) is 15300. The molecule has 0 radical (unpaired) electrons. The van der Waals surface area contributed by atoms with Crippen molar-refractivity contribution in [3.05, 3.63) is 0 Å². The average Bonchev–Trinajstić information content (AvgIpc) is 0. The van der Waals surface area contributed by atoms with Crippen LogP contribution >= 0.6 is 0 Å². The molecule has 0 aliphatic heterocycles. The number of hydrogen-bond acceptors (Lipinski definition) is 6. The van der Waals surface area contributed by atoms with Gasteiger partial charge in [-0.05, 0) is 0 Å². The molecule has 0 heterocycles. The predicted molar refractivity (Wildman–Crippen MR) is 17.4 cm³/mol. The van der Waals surface area contributed by atoms with Crippen LogP contribution < -0.4 is 0 Å². The first-order valence-corrected chi connectivity index (χ1v) is 0. The fourth-order valence-electron chi connectivity index (χ4n) is 0. The summed E-state index contributed by atoms with van der Waals surface area (Å²) >= 11 is 0. The minimum Gasteiger partial charge on any atom is -0.870 e. The summed E-state index contributed by atoms with van der Waals surface area (Å²) in [4.78, 5) is 0. The van der Waals surface area contributed by atoms with Crippen LogP contribution in [0, 0.1) is 0 Å². The first-order chi connectivity index (χ1) is 0. The van der Waals surface area contributed by atoms with Crippen molar-refractivity contribution in [2.24, 2.45) is 0 Å². The van der Waals surface area contributed by atoms with Crippen LogP contribution in [0.3, 0.4) is 0 Å². The maximum atomic E-state index is 0. The van der Waals surface area contributed by atoms with Gasteiger partial charge in [-0.2, -0.15) is 0 Å². The van der Waals surface area contributed by atoms with E-state index >= 15 is 0 Å². The molecule has 0 bridgehead atoms. The van der Waals surface area contributed by atoms with Gasteiger partial charge in [0.05, 0.1) is 0 Å². The van der Waals surface area contributed by atoms with Gasteiger partial charge in [0.25, 0.3) is 0 Å². The Morgan fingerprint density at radius 3 is 0.375 bits per heavy atom. The summed E-state index contributed by atoms with van der Waals surface area (Å²) in [7, 11) is 0. The van der Waals surface area contributed by atoms with E-state index in [1.54, 1.807) is 0 Å². The van der Waals surface area contributed by atoms with Crippen molar-refractivity contribution in [2.45, 2.75) is 0 Å². The fraction of sp³-hybridized carbons (Fsp3) is 0. The zero-order valence-electron chi connectivity index (χ0n) is 3.80. The van der Waals surface area contributed by atoms with E-state index in [4.69, 9.17) is 0 Å². The summed E-state index contributed by atoms with van der Waals surface area (Å²) in [5.74, 6) is 0. The van der Waals surface area contributed by atoms with Crippen molar-refractivity contribution < 1.29 is 53.9 Å². The smallest absolute Gasteiger partial charge is 0.870 e. The Labute approximate surface area is 76.9 Å². The third-order valence-electron chi connectivity index (χ3n) is 0. The molecular formula is H6MgMoO6. The molecule has 0 spiro atoms. The number of rotatable bonds is 0. The van der Waals surface area contributed by atoms with Crippen molar-refractivity contribution >= 4 is 23.1 Å². The largest absolute Gasteiger partial charge is 4.00 e. The molecule has 0 aromatic rings. The van der Waals surface area contributed by atoms with Gasteiger partial charge in [0.2, 0.25) is 0 Å². The Morgan fingerprint density at radius 2 is 0.375 bits per heavy atom. The topological polar surface area (TPSA) is 180 Å². The normalized spacial score (nSPS) is 0. The van der Waals surface area contributed by atoms with Gasteiger partial charge in [-0.3, -0.25) is 0 Å². The van der Waals surface area contributed by atoms with E-state index in [1.165, 1.54) is 0 Å². The molecule has 50 valence electrons. The molecule has 0 unspecified atom stereocenters. The van der Waals surface area contributed by atoms with E-state index in [-0.39, 0.29) is 77.0 Å². The zero-order chi connectivity index (χ0) is 0. The second-order valence-corrected chi connectivity index (χ2v) is 0. The molecule has 0 fully saturated rings. The van der Waals surface area contributed by atoms with Crippen molar-refractivity contribution in [3.8, 4) is 0 Å². The summed E-state index contributed by atoms with van der Waals surface area (Å²) in [6.45, 7) is 0. The van der Waals surface area contributed by atoms with Gasteiger partial charge >= 0.3 is 44.1 Å². The summed E-state index contributed by atoms with van der Waals surface area (Å²) in [6.07, 6.45) is 0. The zero-order valence-corrected chi connectivity index (χ0v) is 7.22. The van der Waals surface area contributed by atoms with Gasteiger partial charge < -0.3 is 32.9 Å². The van der Waals surface area contributed by atoms with Crippen molar-refractivity contribution in [1.29, 1.82) is 0 Å². The van der Waals surface area contributed by atoms with Crippen LogP contribution in [0.15, 0.2) is 0 Å². The van der Waals surface area contributed by atoms with Crippen LogP contribution in [0.5, 0.6) is 0 Å². The SMILES string of the molecule is [Mg+2].[Mo+4].[OH-].[OH-].[OH-].[OH-].[OH-].[OH-]. The Balaban J connectivity index is 0. The van der Waals surface area contributed by atoms with Crippen molar-refractivity contribution in [3.63, 3.8) is 0 Å². The molecule has 0 saturated heterocycles. The van der Waals surface area contributed by atoms with E-state index in [0.29, 0.717) is 0 Å². The Bertz CT molecular complexity index is 8.49. The molecule has 0 aromatic carbocycles. The van der Waals surface area contributed by atoms with E-state index in [0.717, 1.165) is 0 Å². The molecule has 0 aromatic heterocycles. The van der Waals surface area contributed by atoms with Crippen LogP contribution in [0.1, 0.15) is 0 Å². The van der Waals surface area contributed by atoms with E-state index in [9.17, 15) is 0 Å².